The quantitative estimate of drug-likeness (QED) is 0.422. The van der Waals surface area contributed by atoms with Crippen LogP contribution in [0.1, 0.15) is 43.5 Å². The Bertz CT molecular complexity index is 1650. The Hall–Kier alpha value is -4.28. The first-order valence-corrected chi connectivity index (χ1v) is 13.5. The number of ether oxygens (including phenoxy) is 2. The predicted octanol–water partition coefficient (Wildman–Crippen LogP) is 5.02. The van der Waals surface area contributed by atoms with Crippen molar-refractivity contribution in [2.75, 3.05) is 20.8 Å². The molecule has 1 aliphatic carbocycles. The van der Waals surface area contributed by atoms with Crippen molar-refractivity contribution in [3.05, 3.63) is 87.0 Å². The van der Waals surface area contributed by atoms with Crippen LogP contribution in [-0.2, 0) is 21.4 Å². The van der Waals surface area contributed by atoms with E-state index in [-0.39, 0.29) is 37.2 Å². The smallest absolute Gasteiger partial charge is 0.411 e. The highest BCUT2D eigenvalue weighted by Crippen LogP contribution is 2.57. The molecule has 1 N–H and O–H groups in total. The van der Waals surface area contributed by atoms with Crippen molar-refractivity contribution in [2.45, 2.75) is 51.6 Å². The van der Waals surface area contributed by atoms with Crippen LogP contribution >= 0.6 is 0 Å². The number of ketones is 1. The number of carbonyl (C=O) groups excluding carboxylic acids is 2. The fourth-order valence-electron chi connectivity index (χ4n) is 6.27. The van der Waals surface area contributed by atoms with Crippen LogP contribution in [0.5, 0.6) is 11.5 Å². The maximum absolute atomic E-state index is 15.6. The number of halogens is 3. The molecule has 0 radical (unpaired) electrons. The molecule has 1 amide bonds. The molecule has 0 spiro atoms. The summed E-state index contributed by atoms with van der Waals surface area (Å²) in [7, 11) is 2.96. The molecule has 11 heteroatoms. The minimum Gasteiger partial charge on any atom is -0.493 e. The maximum Gasteiger partial charge on any atom is 0.411 e. The average Bonchev–Trinajstić information content (AvgIpc) is 3.36. The van der Waals surface area contributed by atoms with Gasteiger partial charge in [0.05, 0.1) is 25.5 Å². The Kier molecular flexibility index (Phi) is 7.11. The fourth-order valence-corrected chi connectivity index (χ4v) is 6.27. The average molecular weight is 584 g/mol. The van der Waals surface area contributed by atoms with E-state index in [1.807, 2.05) is 0 Å². The molecule has 1 aromatic heterocycles. The zero-order chi connectivity index (χ0) is 30.6. The number of carbonyl (C=O) groups is 2. The van der Waals surface area contributed by atoms with Crippen molar-refractivity contribution in [3.8, 4) is 17.2 Å². The second-order valence-corrected chi connectivity index (χ2v) is 11.5. The molecule has 2 heterocycles. The number of aromatic amines is 1. The van der Waals surface area contributed by atoms with E-state index in [9.17, 15) is 14.4 Å². The Morgan fingerprint density at radius 2 is 1.62 bits per heavy atom. The molecule has 42 heavy (non-hydrogen) atoms. The summed E-state index contributed by atoms with van der Waals surface area (Å²) in [5.41, 5.74) is -5.71. The number of rotatable bonds is 7. The van der Waals surface area contributed by atoms with Gasteiger partial charge in [-0.2, -0.15) is 13.2 Å². The third kappa shape index (κ3) is 4.42. The van der Waals surface area contributed by atoms with E-state index in [0.29, 0.717) is 22.7 Å². The SMILES string of the molecule is COc1ccc(CCN2C(=O)[C@](c3c(C)[nH]n(-c4ccccc4)c3=O)(C(F)(F)F)C3=C2CC(C)(C)CC3=O)cc1OC. The van der Waals surface area contributed by atoms with Gasteiger partial charge in [0.25, 0.3) is 11.5 Å². The molecule has 0 saturated heterocycles. The number of hydrogen-bond donors (Lipinski definition) is 1. The number of amides is 1. The highest BCUT2D eigenvalue weighted by atomic mass is 19.4. The summed E-state index contributed by atoms with van der Waals surface area (Å²) in [5, 5.41) is 2.72. The van der Waals surface area contributed by atoms with Crippen LogP contribution in [0.2, 0.25) is 0 Å². The van der Waals surface area contributed by atoms with E-state index in [1.165, 1.54) is 21.1 Å². The van der Waals surface area contributed by atoms with Gasteiger partial charge in [-0.15, -0.1) is 0 Å². The first-order valence-electron chi connectivity index (χ1n) is 13.5. The molecule has 0 fully saturated rings. The molecule has 222 valence electrons. The van der Waals surface area contributed by atoms with E-state index < -0.39 is 45.4 Å². The van der Waals surface area contributed by atoms with Gasteiger partial charge in [-0.25, -0.2) is 4.68 Å². The van der Waals surface area contributed by atoms with E-state index in [2.05, 4.69) is 5.10 Å². The number of allylic oxidation sites excluding steroid dienone is 1. The first kappa shape index (κ1) is 29.2. The van der Waals surface area contributed by atoms with Gasteiger partial charge in [0.1, 0.15) is 0 Å². The summed E-state index contributed by atoms with van der Waals surface area (Å²) < 4.78 is 58.3. The zero-order valence-electron chi connectivity index (χ0n) is 24.0. The third-order valence-corrected chi connectivity index (χ3v) is 8.08. The monoisotopic (exact) mass is 583 g/mol. The van der Waals surface area contributed by atoms with Crippen molar-refractivity contribution in [1.82, 2.24) is 14.7 Å². The van der Waals surface area contributed by atoms with Crippen molar-refractivity contribution in [1.29, 1.82) is 0 Å². The van der Waals surface area contributed by atoms with Gasteiger partial charge >= 0.3 is 6.18 Å². The third-order valence-electron chi connectivity index (χ3n) is 8.08. The molecule has 5 rings (SSSR count). The summed E-state index contributed by atoms with van der Waals surface area (Å²) in [6.07, 6.45) is -5.22. The largest absolute Gasteiger partial charge is 0.493 e. The van der Waals surface area contributed by atoms with E-state index >= 15 is 13.2 Å². The maximum atomic E-state index is 15.6. The minimum atomic E-state index is -5.28. The normalized spacial score (nSPS) is 20.2. The van der Waals surface area contributed by atoms with Crippen LogP contribution in [0.25, 0.3) is 5.69 Å². The number of alkyl halides is 3. The fraction of sp³-hybridized carbons (Fsp3) is 0.387. The molecule has 1 aliphatic heterocycles. The number of Topliss-reactive ketones (excluding diaryl/α,β-unsaturated/α-hetero) is 1. The van der Waals surface area contributed by atoms with Crippen molar-refractivity contribution >= 4 is 11.7 Å². The van der Waals surface area contributed by atoms with Crippen LogP contribution < -0.4 is 15.0 Å². The molecule has 1 atom stereocenters. The van der Waals surface area contributed by atoms with Crippen molar-refractivity contribution in [2.24, 2.45) is 5.41 Å². The topological polar surface area (TPSA) is 93.6 Å². The van der Waals surface area contributed by atoms with Crippen LogP contribution in [0.4, 0.5) is 13.2 Å². The predicted molar refractivity (Wildman–Crippen MR) is 149 cm³/mol. The highest BCUT2D eigenvalue weighted by molar-refractivity contribution is 6.13. The van der Waals surface area contributed by atoms with Crippen LogP contribution in [0.15, 0.2) is 64.6 Å². The summed E-state index contributed by atoms with van der Waals surface area (Å²) in [5.74, 6) is -1.21. The number of hydrogen-bond acceptors (Lipinski definition) is 5. The molecule has 0 bridgehead atoms. The zero-order valence-corrected chi connectivity index (χ0v) is 24.0. The van der Waals surface area contributed by atoms with Gasteiger partial charge in [0, 0.05) is 29.9 Å². The summed E-state index contributed by atoms with van der Waals surface area (Å²) >= 11 is 0. The number of aryl methyl sites for hydroxylation is 1. The van der Waals surface area contributed by atoms with E-state index in [0.717, 1.165) is 9.58 Å². The number of methoxy groups -OCH3 is 2. The first-order chi connectivity index (χ1) is 19.8. The van der Waals surface area contributed by atoms with E-state index in [4.69, 9.17) is 9.47 Å². The number of para-hydroxylation sites is 1. The number of benzene rings is 2. The molecule has 8 nitrogen and oxygen atoms in total. The molecule has 0 unspecified atom stereocenters. The summed E-state index contributed by atoms with van der Waals surface area (Å²) in [4.78, 5) is 42.8. The van der Waals surface area contributed by atoms with Crippen molar-refractivity contribution in [3.63, 3.8) is 0 Å². The highest BCUT2D eigenvalue weighted by Gasteiger charge is 2.73. The lowest BCUT2D eigenvalue weighted by atomic mass is 9.66. The molecule has 0 saturated carbocycles. The van der Waals surface area contributed by atoms with Gasteiger partial charge in [-0.05, 0) is 55.0 Å². The summed E-state index contributed by atoms with van der Waals surface area (Å²) in [6.45, 7) is 4.75. The number of nitrogens with one attached hydrogen (secondary N) is 1. The summed E-state index contributed by atoms with van der Waals surface area (Å²) in [6, 6.07) is 13.2. The Balaban J connectivity index is 1.69. The van der Waals surface area contributed by atoms with Crippen LogP contribution in [-0.4, -0.2) is 53.3 Å². The molecule has 2 aromatic carbocycles. The van der Waals surface area contributed by atoms with Gasteiger partial charge < -0.3 is 14.4 Å². The Morgan fingerprint density at radius 3 is 2.24 bits per heavy atom. The van der Waals surface area contributed by atoms with Gasteiger partial charge in [-0.1, -0.05) is 38.1 Å². The standard InChI is InChI=1S/C31H32F3N3O5/c1-18-25(27(39)37(35-18)20-9-7-6-8-10-20)30(31(32,33)34)26-21(16-29(2,3)17-22(26)38)36(28(30)40)14-13-19-11-12-23(41-4)24(15-19)42-5/h6-12,15,35H,13-14,16-17H2,1-5H3/t30-/m1/s1. The number of H-pyrrole nitrogens is 1. The second-order valence-electron chi connectivity index (χ2n) is 11.5. The van der Waals surface area contributed by atoms with Gasteiger partial charge in [-0.3, -0.25) is 19.5 Å². The molecule has 3 aromatic rings. The second kappa shape index (κ2) is 10.2. The molecular weight excluding hydrogens is 551 g/mol. The van der Waals surface area contributed by atoms with Gasteiger partial charge in [0.2, 0.25) is 5.41 Å². The lowest BCUT2D eigenvalue weighted by molar-refractivity contribution is -0.189. The Morgan fingerprint density at radius 1 is 0.952 bits per heavy atom. The number of nitrogens with zero attached hydrogens (tertiary/aromatic N) is 2. The Labute approximate surface area is 240 Å². The molecule has 2 aliphatic rings. The van der Waals surface area contributed by atoms with E-state index in [1.54, 1.807) is 62.4 Å². The lowest BCUT2D eigenvalue weighted by Gasteiger charge is -2.35. The minimum absolute atomic E-state index is 0.0188. The van der Waals surface area contributed by atoms with Crippen LogP contribution in [0, 0.1) is 12.3 Å². The molecular formula is C31H32F3N3O5. The van der Waals surface area contributed by atoms with Crippen molar-refractivity contribution < 1.29 is 32.2 Å². The van der Waals surface area contributed by atoms with Gasteiger partial charge in [0.15, 0.2) is 17.3 Å². The van der Waals surface area contributed by atoms with Crippen LogP contribution in [0.3, 0.4) is 0 Å². The lowest BCUT2D eigenvalue weighted by Crippen LogP contribution is -2.55. The number of aromatic nitrogens is 2.